The van der Waals surface area contributed by atoms with E-state index in [1.807, 2.05) is 0 Å². The minimum absolute atomic E-state index is 0.172. The summed E-state index contributed by atoms with van der Waals surface area (Å²) in [6, 6.07) is 0.529. The van der Waals surface area contributed by atoms with E-state index in [0.29, 0.717) is 36.6 Å². The average molecular weight is 292 g/mol. The number of hydrogen-bond acceptors (Lipinski definition) is 4. The molecule has 0 spiro atoms. The Morgan fingerprint density at radius 2 is 1.81 bits per heavy atom. The smallest absolute Gasteiger partial charge is 0.332 e. The lowest BCUT2D eigenvalue weighted by atomic mass is 9.84. The van der Waals surface area contributed by atoms with Crippen molar-refractivity contribution in [2.75, 3.05) is 12.0 Å². The quantitative estimate of drug-likeness (QED) is 0.833. The molecule has 1 aromatic heterocycles. The Kier molecular flexibility index (Phi) is 3.65. The highest BCUT2D eigenvalue weighted by molar-refractivity contribution is 5.45. The number of nitrogens with zero attached hydrogens (tertiary/aromatic N) is 3. The highest BCUT2D eigenvalue weighted by atomic mass is 16.2. The first-order valence-corrected chi connectivity index (χ1v) is 7.77. The van der Waals surface area contributed by atoms with E-state index in [0.717, 1.165) is 0 Å². The monoisotopic (exact) mass is 292 g/mol. The van der Waals surface area contributed by atoms with Crippen LogP contribution >= 0.6 is 0 Å². The van der Waals surface area contributed by atoms with Crippen molar-refractivity contribution in [2.24, 2.45) is 20.0 Å². The van der Waals surface area contributed by atoms with Gasteiger partial charge in [0, 0.05) is 26.7 Å². The largest absolute Gasteiger partial charge is 0.358 e. The second kappa shape index (κ2) is 5.33. The predicted octanol–water partition coefficient (Wildman–Crippen LogP) is 0.848. The van der Waals surface area contributed by atoms with Crippen LogP contribution in [-0.4, -0.2) is 26.7 Å². The second-order valence-electron chi connectivity index (χ2n) is 6.44. The summed E-state index contributed by atoms with van der Waals surface area (Å²) in [7, 11) is 3.26. The van der Waals surface area contributed by atoms with Crippen molar-refractivity contribution in [3.63, 3.8) is 0 Å². The maximum Gasteiger partial charge on any atom is 0.332 e. The van der Waals surface area contributed by atoms with Crippen LogP contribution in [0.15, 0.2) is 9.59 Å². The summed E-state index contributed by atoms with van der Waals surface area (Å²) >= 11 is 0. The molecule has 1 aliphatic carbocycles. The summed E-state index contributed by atoms with van der Waals surface area (Å²) in [6.45, 7) is 3.65. The molecule has 0 unspecified atom stereocenters. The van der Waals surface area contributed by atoms with Gasteiger partial charge in [-0.15, -0.1) is 0 Å². The molecule has 3 rings (SSSR count). The summed E-state index contributed by atoms with van der Waals surface area (Å²) in [6.07, 6.45) is 5.04. The van der Waals surface area contributed by atoms with Crippen molar-refractivity contribution < 1.29 is 0 Å². The first kappa shape index (κ1) is 14.4. The molecule has 0 bridgehead atoms. The number of nitrogens with one attached hydrogen (secondary N) is 1. The molecule has 6 heteroatoms. The standard InChI is InChI=1S/C15H24N4O2/c1-10-6-4-5-7-12(10)19-8-11-13(16-9-19)17(2)15(21)18(3)14(11)20/h10,12,16H,4-9H2,1-3H3/t10-,12-/m0/s1. The molecule has 6 nitrogen and oxygen atoms in total. The van der Waals surface area contributed by atoms with E-state index in [1.54, 1.807) is 18.7 Å². The van der Waals surface area contributed by atoms with Gasteiger partial charge in [0.2, 0.25) is 0 Å². The summed E-state index contributed by atoms with van der Waals surface area (Å²) in [4.78, 5) is 26.7. The van der Waals surface area contributed by atoms with E-state index in [2.05, 4.69) is 17.1 Å². The van der Waals surface area contributed by atoms with Crippen molar-refractivity contribution in [2.45, 2.75) is 45.2 Å². The summed E-state index contributed by atoms with van der Waals surface area (Å²) in [5, 5.41) is 3.28. The van der Waals surface area contributed by atoms with Crippen LogP contribution in [-0.2, 0) is 20.6 Å². The minimum Gasteiger partial charge on any atom is -0.358 e. The first-order valence-electron chi connectivity index (χ1n) is 7.77. The fourth-order valence-corrected chi connectivity index (χ4v) is 3.79. The van der Waals surface area contributed by atoms with E-state index in [1.165, 1.54) is 30.3 Å². The van der Waals surface area contributed by atoms with Crippen LogP contribution in [0.2, 0.25) is 0 Å². The molecular formula is C15H24N4O2. The lowest BCUT2D eigenvalue weighted by Crippen LogP contribution is -2.50. The lowest BCUT2D eigenvalue weighted by Gasteiger charge is -2.41. The van der Waals surface area contributed by atoms with E-state index in [4.69, 9.17) is 0 Å². The Morgan fingerprint density at radius 1 is 1.10 bits per heavy atom. The van der Waals surface area contributed by atoms with Gasteiger partial charge in [-0.3, -0.25) is 18.8 Å². The summed E-state index contributed by atoms with van der Waals surface area (Å²) < 4.78 is 2.74. The molecule has 21 heavy (non-hydrogen) atoms. The second-order valence-corrected chi connectivity index (χ2v) is 6.44. The van der Waals surface area contributed by atoms with Crippen LogP contribution in [0.1, 0.15) is 38.2 Å². The van der Waals surface area contributed by atoms with Gasteiger partial charge in [0.05, 0.1) is 12.2 Å². The van der Waals surface area contributed by atoms with Crippen molar-refractivity contribution in [3.05, 3.63) is 26.4 Å². The zero-order valence-electron chi connectivity index (χ0n) is 13.1. The van der Waals surface area contributed by atoms with E-state index >= 15 is 0 Å². The highest BCUT2D eigenvalue weighted by Gasteiger charge is 2.31. The third-order valence-electron chi connectivity index (χ3n) is 5.10. The summed E-state index contributed by atoms with van der Waals surface area (Å²) in [5.41, 5.74) is 0.267. The lowest BCUT2D eigenvalue weighted by molar-refractivity contribution is 0.107. The van der Waals surface area contributed by atoms with Crippen LogP contribution in [0, 0.1) is 5.92 Å². The number of rotatable bonds is 1. The Labute approximate surface area is 124 Å². The third kappa shape index (κ3) is 2.31. The minimum atomic E-state index is -0.272. The molecule has 2 aliphatic rings. The predicted molar refractivity (Wildman–Crippen MR) is 82.4 cm³/mol. The SMILES string of the molecule is C[C@H]1CCCC[C@@H]1N1CNc2c(c(=O)n(C)c(=O)n2C)C1. The molecule has 116 valence electrons. The van der Waals surface area contributed by atoms with Gasteiger partial charge in [0.25, 0.3) is 5.56 Å². The normalized spacial score (nSPS) is 26.2. The topological polar surface area (TPSA) is 59.3 Å². The maximum absolute atomic E-state index is 12.4. The van der Waals surface area contributed by atoms with E-state index in [9.17, 15) is 9.59 Å². The molecule has 1 saturated carbocycles. The van der Waals surface area contributed by atoms with Crippen LogP contribution in [0.25, 0.3) is 0 Å². The van der Waals surface area contributed by atoms with E-state index < -0.39 is 0 Å². The molecule has 0 aromatic carbocycles. The Balaban J connectivity index is 1.96. The number of fused-ring (bicyclic) bond motifs is 1. The molecular weight excluding hydrogens is 268 g/mol. The van der Waals surface area contributed by atoms with Crippen molar-refractivity contribution in [1.82, 2.24) is 14.0 Å². The molecule has 0 amide bonds. The average Bonchev–Trinajstić information content (AvgIpc) is 2.51. The van der Waals surface area contributed by atoms with Crippen molar-refractivity contribution >= 4 is 5.82 Å². The van der Waals surface area contributed by atoms with E-state index in [-0.39, 0.29) is 11.2 Å². The fraction of sp³-hybridized carbons (Fsp3) is 0.733. The summed E-state index contributed by atoms with van der Waals surface area (Å²) in [5.74, 6) is 1.35. The number of hydrogen-bond donors (Lipinski definition) is 1. The van der Waals surface area contributed by atoms with Gasteiger partial charge in [-0.25, -0.2) is 4.79 Å². The molecule has 1 fully saturated rings. The third-order valence-corrected chi connectivity index (χ3v) is 5.10. The van der Waals surface area contributed by atoms with Crippen molar-refractivity contribution in [3.8, 4) is 0 Å². The van der Waals surface area contributed by atoms with Crippen LogP contribution in [0.3, 0.4) is 0 Å². The van der Waals surface area contributed by atoms with Gasteiger partial charge < -0.3 is 5.32 Å². The Morgan fingerprint density at radius 3 is 2.52 bits per heavy atom. The Hall–Kier alpha value is -1.56. The number of aromatic nitrogens is 2. The van der Waals surface area contributed by atoms with Crippen molar-refractivity contribution in [1.29, 1.82) is 0 Å². The highest BCUT2D eigenvalue weighted by Crippen LogP contribution is 2.30. The first-order chi connectivity index (χ1) is 10.0. The van der Waals surface area contributed by atoms with Gasteiger partial charge in [0.1, 0.15) is 5.82 Å². The van der Waals surface area contributed by atoms with Gasteiger partial charge in [0.15, 0.2) is 0 Å². The van der Waals surface area contributed by atoms with Gasteiger partial charge in [-0.2, -0.15) is 0 Å². The molecule has 1 aromatic rings. The Bertz CT molecular complexity index is 661. The molecule has 1 aliphatic heterocycles. The zero-order valence-corrected chi connectivity index (χ0v) is 13.1. The molecule has 1 N–H and O–H groups in total. The van der Waals surface area contributed by atoms with Crippen LogP contribution < -0.4 is 16.6 Å². The number of anilines is 1. The molecule has 2 heterocycles. The van der Waals surface area contributed by atoms with Gasteiger partial charge in [-0.1, -0.05) is 19.8 Å². The van der Waals surface area contributed by atoms with Gasteiger partial charge >= 0.3 is 5.69 Å². The molecule has 0 radical (unpaired) electrons. The van der Waals surface area contributed by atoms with Crippen LogP contribution in [0.5, 0.6) is 0 Å². The fourth-order valence-electron chi connectivity index (χ4n) is 3.79. The van der Waals surface area contributed by atoms with Gasteiger partial charge in [-0.05, 0) is 18.8 Å². The molecule has 0 saturated heterocycles. The maximum atomic E-state index is 12.4. The zero-order chi connectivity index (χ0) is 15.1. The molecule has 2 atom stereocenters. The van der Waals surface area contributed by atoms with Crippen LogP contribution in [0.4, 0.5) is 5.82 Å².